The van der Waals surface area contributed by atoms with Gasteiger partial charge < -0.3 is 16.6 Å². The Labute approximate surface area is 165 Å². The molecule has 1 fully saturated rings. The molecule has 0 saturated heterocycles. The fraction of sp³-hybridized carbons (Fsp3) is 0.400. The molecule has 0 atom stereocenters. The van der Waals surface area contributed by atoms with E-state index in [1.165, 1.54) is 32.1 Å². The second-order valence-electron chi connectivity index (χ2n) is 5.89. The summed E-state index contributed by atoms with van der Waals surface area (Å²) >= 11 is 0. The van der Waals surface area contributed by atoms with E-state index in [4.69, 9.17) is 10.5 Å². The van der Waals surface area contributed by atoms with Gasteiger partial charge in [-0.1, -0.05) is 58.1 Å². The second kappa shape index (κ2) is 13.1. The van der Waals surface area contributed by atoms with Gasteiger partial charge in [-0.15, -0.1) is 15.3 Å². The van der Waals surface area contributed by atoms with E-state index < -0.39 is 0 Å². The molecule has 2 aromatic heterocycles. The van der Waals surface area contributed by atoms with Gasteiger partial charge in [0.05, 0.1) is 0 Å². The number of aromatic nitrogens is 4. The van der Waals surface area contributed by atoms with Crippen LogP contribution in [0.5, 0.6) is 5.75 Å². The number of hydrogen-bond donors (Lipinski definition) is 3. The van der Waals surface area contributed by atoms with Gasteiger partial charge in [0.25, 0.3) is 0 Å². The van der Waals surface area contributed by atoms with Crippen LogP contribution in [0.25, 0.3) is 5.65 Å². The molecule has 1 aliphatic rings. The first kappa shape index (κ1) is 22.9. The van der Waals surface area contributed by atoms with Gasteiger partial charge in [0.15, 0.2) is 11.5 Å². The van der Waals surface area contributed by atoms with Crippen molar-refractivity contribution in [2.45, 2.75) is 52.4 Å². The molecule has 0 unspecified atom stereocenters. The van der Waals surface area contributed by atoms with E-state index in [2.05, 4.69) is 21.0 Å². The third-order valence-corrected chi connectivity index (χ3v) is 3.90. The molecule has 0 spiro atoms. The lowest BCUT2D eigenvalue weighted by molar-refractivity contribution is -0.106. The number of carbonyl (C=O) groups excluding carboxylic acids is 1. The number of phenols is 1. The molecule has 1 aromatic carbocycles. The maximum atomic E-state index is 9.23. The molecule has 1 aliphatic carbocycles. The molecule has 28 heavy (non-hydrogen) atoms. The Bertz CT molecular complexity index is 806. The summed E-state index contributed by atoms with van der Waals surface area (Å²) in [6.45, 7) is 4.00. The maximum absolute atomic E-state index is 9.23. The molecule has 3 aromatic rings. The highest BCUT2D eigenvalue weighted by atomic mass is 16.3. The zero-order valence-corrected chi connectivity index (χ0v) is 16.6. The van der Waals surface area contributed by atoms with Gasteiger partial charge in [0, 0.05) is 6.42 Å². The summed E-state index contributed by atoms with van der Waals surface area (Å²) in [4.78, 5) is 8.58. The van der Waals surface area contributed by atoms with E-state index in [0.29, 0.717) is 23.7 Å². The smallest absolute Gasteiger partial charge is 0.204 e. The summed E-state index contributed by atoms with van der Waals surface area (Å²) in [5.74, 6) is 1.38. The number of benzene rings is 1. The summed E-state index contributed by atoms with van der Waals surface area (Å²) in [7, 11) is 0. The number of rotatable bonds is 2. The number of nitrogens with two attached hydrogens (primary N) is 2. The highest BCUT2D eigenvalue weighted by Gasteiger charge is 2.07. The predicted molar refractivity (Wildman–Crippen MR) is 111 cm³/mol. The van der Waals surface area contributed by atoms with Crippen molar-refractivity contribution >= 4 is 17.9 Å². The fourth-order valence-corrected chi connectivity index (χ4v) is 2.64. The Kier molecular flexibility index (Phi) is 10.7. The van der Waals surface area contributed by atoms with Gasteiger partial charge in [-0.25, -0.2) is 0 Å². The van der Waals surface area contributed by atoms with Crippen LogP contribution in [0.4, 0.5) is 5.82 Å². The van der Waals surface area contributed by atoms with Crippen LogP contribution in [-0.4, -0.2) is 31.3 Å². The first-order chi connectivity index (χ1) is 13.6. The molecule has 5 N–H and O–H groups in total. The standard InChI is InChI=1S/C12H11N5O.C5H10.C2H6.CH3NO/c13-10-5-6-11-14-15-12(17(11)16-10)7-8-1-3-9(18)4-2-8;1-2-4-5-3-1;1-2;2-1-3/h1-6,18H,7H2,(H2,13,16);1-5H2;1-2H3;1H,(H2,2,3). The van der Waals surface area contributed by atoms with Crippen LogP contribution in [0.15, 0.2) is 36.4 Å². The number of aromatic hydroxyl groups is 1. The molecule has 1 saturated carbocycles. The second-order valence-corrected chi connectivity index (χ2v) is 5.89. The maximum Gasteiger partial charge on any atom is 0.204 e. The molecule has 2 heterocycles. The minimum Gasteiger partial charge on any atom is -0.508 e. The number of phenolic OH excluding ortho intramolecular Hbond substituents is 1. The number of hydrogen-bond acceptors (Lipinski definition) is 6. The summed E-state index contributed by atoms with van der Waals surface area (Å²) in [5, 5.41) is 21.5. The summed E-state index contributed by atoms with van der Waals surface area (Å²) in [5.41, 5.74) is 11.5. The van der Waals surface area contributed by atoms with Crippen LogP contribution in [0, 0.1) is 0 Å². The van der Waals surface area contributed by atoms with Crippen molar-refractivity contribution in [1.29, 1.82) is 0 Å². The summed E-state index contributed by atoms with van der Waals surface area (Å²) in [6, 6.07) is 10.4. The molecular weight excluding hydrogens is 356 g/mol. The number of amides is 1. The highest BCUT2D eigenvalue weighted by molar-refractivity contribution is 5.42. The van der Waals surface area contributed by atoms with Crippen molar-refractivity contribution in [3.63, 3.8) is 0 Å². The Morgan fingerprint density at radius 3 is 2.07 bits per heavy atom. The first-order valence-corrected chi connectivity index (χ1v) is 9.54. The lowest BCUT2D eigenvalue weighted by Crippen LogP contribution is -2.02. The zero-order valence-electron chi connectivity index (χ0n) is 16.6. The van der Waals surface area contributed by atoms with Gasteiger partial charge in [-0.3, -0.25) is 4.79 Å². The summed E-state index contributed by atoms with van der Waals surface area (Å²) in [6.07, 6.45) is 8.33. The number of anilines is 1. The van der Waals surface area contributed by atoms with E-state index in [-0.39, 0.29) is 12.2 Å². The first-order valence-electron chi connectivity index (χ1n) is 9.54. The van der Waals surface area contributed by atoms with Crippen molar-refractivity contribution in [2.75, 3.05) is 5.73 Å². The third kappa shape index (κ3) is 7.61. The average molecular weight is 387 g/mol. The average Bonchev–Trinajstić information content (AvgIpc) is 3.40. The number of nitrogens with zero attached hydrogens (tertiary/aromatic N) is 4. The number of nitrogen functional groups attached to an aromatic ring is 1. The Hall–Kier alpha value is -3.16. The molecule has 8 heteroatoms. The highest BCUT2D eigenvalue weighted by Crippen LogP contribution is 2.15. The van der Waals surface area contributed by atoms with Crippen LogP contribution in [0.1, 0.15) is 57.3 Å². The molecule has 0 bridgehead atoms. The summed E-state index contributed by atoms with van der Waals surface area (Å²) < 4.78 is 1.63. The molecule has 0 radical (unpaired) electrons. The lowest BCUT2D eigenvalue weighted by Gasteiger charge is -2.00. The van der Waals surface area contributed by atoms with E-state index in [0.717, 1.165) is 5.56 Å². The number of carbonyl (C=O) groups is 1. The molecular formula is C20H30N6O2. The van der Waals surface area contributed by atoms with Crippen molar-refractivity contribution in [1.82, 2.24) is 19.8 Å². The Balaban J connectivity index is 0.000000327. The van der Waals surface area contributed by atoms with Gasteiger partial charge in [0.1, 0.15) is 11.6 Å². The van der Waals surface area contributed by atoms with Crippen LogP contribution in [0.3, 0.4) is 0 Å². The number of fused-ring (bicyclic) bond motifs is 1. The van der Waals surface area contributed by atoms with Crippen molar-refractivity contribution < 1.29 is 9.90 Å². The van der Waals surface area contributed by atoms with Crippen molar-refractivity contribution in [3.8, 4) is 5.75 Å². The largest absolute Gasteiger partial charge is 0.508 e. The minimum atomic E-state index is 0.243. The molecule has 1 amide bonds. The van der Waals surface area contributed by atoms with Crippen molar-refractivity contribution in [3.05, 3.63) is 47.8 Å². The van der Waals surface area contributed by atoms with Gasteiger partial charge in [0.2, 0.25) is 6.41 Å². The SMILES string of the molecule is C1CCCC1.CC.NC=O.Nc1ccc2nnc(Cc3ccc(O)cc3)n2n1. The minimum absolute atomic E-state index is 0.243. The lowest BCUT2D eigenvalue weighted by atomic mass is 10.1. The molecule has 8 nitrogen and oxygen atoms in total. The molecule has 152 valence electrons. The molecule has 0 aliphatic heterocycles. The van der Waals surface area contributed by atoms with E-state index in [9.17, 15) is 5.11 Å². The van der Waals surface area contributed by atoms with E-state index >= 15 is 0 Å². The monoisotopic (exact) mass is 386 g/mol. The third-order valence-electron chi connectivity index (χ3n) is 3.90. The zero-order chi connectivity index (χ0) is 20.8. The Morgan fingerprint density at radius 2 is 1.54 bits per heavy atom. The fourth-order valence-electron chi connectivity index (χ4n) is 2.64. The quantitative estimate of drug-likeness (QED) is 0.580. The van der Waals surface area contributed by atoms with Gasteiger partial charge in [-0.05, 0) is 29.8 Å². The van der Waals surface area contributed by atoms with E-state index in [1.807, 2.05) is 26.0 Å². The van der Waals surface area contributed by atoms with Crippen LogP contribution in [0.2, 0.25) is 0 Å². The predicted octanol–water partition coefficient (Wildman–Crippen LogP) is 3.08. The normalized spacial score (nSPS) is 11.9. The topological polar surface area (TPSA) is 132 Å². The van der Waals surface area contributed by atoms with Crippen LogP contribution >= 0.6 is 0 Å². The van der Waals surface area contributed by atoms with Crippen molar-refractivity contribution in [2.24, 2.45) is 5.73 Å². The van der Waals surface area contributed by atoms with Gasteiger partial charge >= 0.3 is 0 Å². The van der Waals surface area contributed by atoms with Crippen LogP contribution in [-0.2, 0) is 11.2 Å². The van der Waals surface area contributed by atoms with Crippen LogP contribution < -0.4 is 11.5 Å². The van der Waals surface area contributed by atoms with E-state index in [1.54, 1.807) is 28.8 Å². The molecule has 4 rings (SSSR count). The Morgan fingerprint density at radius 1 is 1.00 bits per heavy atom. The number of primary amides is 1. The van der Waals surface area contributed by atoms with Gasteiger partial charge in [-0.2, -0.15) is 4.52 Å².